The van der Waals surface area contributed by atoms with Gasteiger partial charge in [-0.3, -0.25) is 13.9 Å². The van der Waals surface area contributed by atoms with E-state index < -0.39 is 28.5 Å². The summed E-state index contributed by atoms with van der Waals surface area (Å²) < 4.78 is 56.6. The van der Waals surface area contributed by atoms with Crippen LogP contribution >= 0.6 is 0 Å². The Morgan fingerprint density at radius 2 is 1.44 bits per heavy atom. The van der Waals surface area contributed by atoms with Crippen LogP contribution in [0.15, 0.2) is 65.6 Å². The van der Waals surface area contributed by atoms with E-state index in [2.05, 4.69) is 5.32 Å². The van der Waals surface area contributed by atoms with Crippen LogP contribution in [0.3, 0.4) is 0 Å². The topological polar surface area (TPSA) is 133 Å². The minimum atomic E-state index is -4.45. The van der Waals surface area contributed by atoms with Gasteiger partial charge in [0.1, 0.15) is 29.8 Å². The first-order valence-corrected chi connectivity index (χ1v) is 15.6. The van der Waals surface area contributed by atoms with Crippen molar-refractivity contribution in [3.8, 4) is 28.7 Å². The molecular weight excluding hydrogens is 602 g/mol. The number of carbonyl (C=O) groups excluding carboxylic acids is 2. The molecule has 0 saturated heterocycles. The van der Waals surface area contributed by atoms with Crippen LogP contribution in [0, 0.1) is 0 Å². The number of ether oxygens (including phenoxy) is 5. The minimum absolute atomic E-state index is 0.0102. The third-order valence-corrected chi connectivity index (χ3v) is 8.84. The zero-order valence-electron chi connectivity index (χ0n) is 26.7. The number of carbonyl (C=O) groups is 2. The molecule has 0 radical (unpaired) electrons. The number of anilines is 1. The van der Waals surface area contributed by atoms with Gasteiger partial charge >= 0.3 is 0 Å². The molecular formula is C32H41N3O9S. The Bertz CT molecular complexity index is 1580. The van der Waals surface area contributed by atoms with Crippen LogP contribution in [0.4, 0.5) is 5.69 Å². The molecule has 2 amide bonds. The number of benzene rings is 3. The molecule has 0 bridgehead atoms. The van der Waals surface area contributed by atoms with Crippen LogP contribution < -0.4 is 33.3 Å². The van der Waals surface area contributed by atoms with E-state index in [4.69, 9.17) is 23.7 Å². The number of amides is 2. The molecule has 0 heterocycles. The molecule has 3 rings (SSSR count). The standard InChI is InChI=1S/C32H41N3O9S/c1-8-16-33-32(37)22(2)34(20-23-10-9-11-24(17-23)40-3)31(36)21-35(27-18-25(41-4)12-14-28(27)42-5)45(38,39)26-13-15-29(43-6)30(19-26)44-7/h9-15,17-19,22H,8,16,20-21H2,1-7H3,(H,33,37)/t22-/m0/s1. The van der Waals surface area contributed by atoms with Crippen molar-refractivity contribution in [2.45, 2.75) is 37.8 Å². The van der Waals surface area contributed by atoms with Crippen molar-refractivity contribution in [2.75, 3.05) is 52.9 Å². The van der Waals surface area contributed by atoms with Crippen molar-refractivity contribution in [1.29, 1.82) is 0 Å². The fraction of sp³-hybridized carbons (Fsp3) is 0.375. The van der Waals surface area contributed by atoms with Gasteiger partial charge in [0.15, 0.2) is 11.5 Å². The van der Waals surface area contributed by atoms with Gasteiger partial charge in [-0.05, 0) is 55.3 Å². The number of hydrogen-bond acceptors (Lipinski definition) is 9. The average Bonchev–Trinajstić information content (AvgIpc) is 3.07. The largest absolute Gasteiger partial charge is 0.497 e. The molecule has 0 aromatic heterocycles. The van der Waals surface area contributed by atoms with E-state index in [1.165, 1.54) is 64.7 Å². The maximum atomic E-state index is 14.4. The monoisotopic (exact) mass is 643 g/mol. The summed E-state index contributed by atoms with van der Waals surface area (Å²) in [5, 5.41) is 2.82. The van der Waals surface area contributed by atoms with Crippen LogP contribution in [-0.2, 0) is 26.2 Å². The lowest BCUT2D eigenvalue weighted by atomic mass is 10.1. The molecule has 0 unspecified atom stereocenters. The minimum Gasteiger partial charge on any atom is -0.497 e. The highest BCUT2D eigenvalue weighted by Gasteiger charge is 2.34. The van der Waals surface area contributed by atoms with Crippen molar-refractivity contribution in [3.05, 3.63) is 66.2 Å². The molecule has 13 heteroatoms. The van der Waals surface area contributed by atoms with Crippen LogP contribution in [0.2, 0.25) is 0 Å². The zero-order valence-corrected chi connectivity index (χ0v) is 27.5. The fourth-order valence-corrected chi connectivity index (χ4v) is 5.99. The highest BCUT2D eigenvalue weighted by Crippen LogP contribution is 2.37. The molecule has 1 atom stereocenters. The Balaban J connectivity index is 2.17. The van der Waals surface area contributed by atoms with E-state index in [-0.39, 0.29) is 34.5 Å². The number of hydrogen-bond donors (Lipinski definition) is 1. The summed E-state index contributed by atoms with van der Waals surface area (Å²) in [6.45, 7) is 3.28. The van der Waals surface area contributed by atoms with Crippen LogP contribution in [0.25, 0.3) is 0 Å². The molecule has 45 heavy (non-hydrogen) atoms. The molecule has 0 fully saturated rings. The van der Waals surface area contributed by atoms with Crippen molar-refractivity contribution in [1.82, 2.24) is 10.2 Å². The van der Waals surface area contributed by atoms with Gasteiger partial charge in [0.05, 0.1) is 46.1 Å². The average molecular weight is 644 g/mol. The summed E-state index contributed by atoms with van der Waals surface area (Å²) in [7, 11) is 2.74. The SMILES string of the molecule is CCCNC(=O)[C@H](C)N(Cc1cccc(OC)c1)C(=O)CN(c1cc(OC)ccc1OC)S(=O)(=O)c1ccc(OC)c(OC)c1. The van der Waals surface area contributed by atoms with Crippen molar-refractivity contribution >= 4 is 27.5 Å². The predicted molar refractivity (Wildman–Crippen MR) is 170 cm³/mol. The third-order valence-electron chi connectivity index (χ3n) is 7.08. The van der Waals surface area contributed by atoms with Crippen LogP contribution in [0.5, 0.6) is 28.7 Å². The number of methoxy groups -OCH3 is 5. The van der Waals surface area contributed by atoms with Crippen molar-refractivity contribution in [2.24, 2.45) is 0 Å². The van der Waals surface area contributed by atoms with Gasteiger partial charge in [-0.1, -0.05) is 19.1 Å². The zero-order chi connectivity index (χ0) is 33.1. The lowest BCUT2D eigenvalue weighted by Gasteiger charge is -2.32. The summed E-state index contributed by atoms with van der Waals surface area (Å²) >= 11 is 0. The van der Waals surface area contributed by atoms with E-state index in [0.29, 0.717) is 35.8 Å². The Labute approximate surface area is 264 Å². The molecule has 1 N–H and O–H groups in total. The summed E-state index contributed by atoms with van der Waals surface area (Å²) in [4.78, 5) is 28.6. The number of nitrogens with zero attached hydrogens (tertiary/aromatic N) is 2. The Kier molecular flexibility index (Phi) is 12.3. The first kappa shape index (κ1) is 34.8. The molecule has 3 aromatic carbocycles. The van der Waals surface area contributed by atoms with Gasteiger partial charge in [0.25, 0.3) is 10.0 Å². The van der Waals surface area contributed by atoms with E-state index in [1.54, 1.807) is 43.3 Å². The van der Waals surface area contributed by atoms with Crippen molar-refractivity contribution in [3.63, 3.8) is 0 Å². The number of rotatable bonds is 16. The van der Waals surface area contributed by atoms with E-state index in [9.17, 15) is 18.0 Å². The second-order valence-electron chi connectivity index (χ2n) is 9.91. The smallest absolute Gasteiger partial charge is 0.265 e. The van der Waals surface area contributed by atoms with Crippen LogP contribution in [0.1, 0.15) is 25.8 Å². The van der Waals surface area contributed by atoms with Gasteiger partial charge in [0, 0.05) is 25.2 Å². The maximum Gasteiger partial charge on any atom is 0.265 e. The Morgan fingerprint density at radius 1 is 0.800 bits per heavy atom. The lowest BCUT2D eigenvalue weighted by molar-refractivity contribution is -0.139. The molecule has 244 valence electrons. The quantitative estimate of drug-likeness (QED) is 0.247. The van der Waals surface area contributed by atoms with Gasteiger partial charge in [0.2, 0.25) is 11.8 Å². The third kappa shape index (κ3) is 8.29. The first-order valence-electron chi connectivity index (χ1n) is 14.2. The second kappa shape index (κ2) is 15.9. The second-order valence-corrected chi connectivity index (χ2v) is 11.8. The molecule has 12 nitrogen and oxygen atoms in total. The Hall–Kier alpha value is -4.65. The van der Waals surface area contributed by atoms with Gasteiger partial charge < -0.3 is 33.9 Å². The molecule has 0 saturated carbocycles. The first-order chi connectivity index (χ1) is 21.5. The normalized spacial score (nSPS) is 11.6. The Morgan fingerprint density at radius 3 is 2.07 bits per heavy atom. The highest BCUT2D eigenvalue weighted by molar-refractivity contribution is 7.92. The lowest BCUT2D eigenvalue weighted by Crippen LogP contribution is -2.51. The van der Waals surface area contributed by atoms with E-state index in [0.717, 1.165) is 4.31 Å². The van der Waals surface area contributed by atoms with Gasteiger partial charge in [-0.15, -0.1) is 0 Å². The highest BCUT2D eigenvalue weighted by atomic mass is 32.2. The van der Waals surface area contributed by atoms with E-state index >= 15 is 0 Å². The molecule has 0 spiro atoms. The summed E-state index contributed by atoms with van der Waals surface area (Å²) in [6.07, 6.45) is 0.704. The fourth-order valence-electron chi connectivity index (χ4n) is 4.56. The van der Waals surface area contributed by atoms with E-state index in [1.807, 2.05) is 6.92 Å². The van der Waals surface area contributed by atoms with Gasteiger partial charge in [-0.25, -0.2) is 8.42 Å². The molecule has 0 aliphatic heterocycles. The summed E-state index contributed by atoms with van der Waals surface area (Å²) in [5.74, 6) is 0.596. The summed E-state index contributed by atoms with van der Waals surface area (Å²) in [5.41, 5.74) is 0.746. The van der Waals surface area contributed by atoms with Crippen LogP contribution in [-0.4, -0.2) is 79.8 Å². The molecule has 0 aliphatic rings. The number of nitrogens with one attached hydrogen (secondary N) is 1. The molecule has 3 aromatic rings. The van der Waals surface area contributed by atoms with Gasteiger partial charge in [-0.2, -0.15) is 0 Å². The molecule has 0 aliphatic carbocycles. The number of sulfonamides is 1. The summed E-state index contributed by atoms with van der Waals surface area (Å²) in [6, 6.07) is 14.9. The predicted octanol–water partition coefficient (Wildman–Crippen LogP) is 3.87. The maximum absolute atomic E-state index is 14.4. The van der Waals surface area contributed by atoms with Crippen molar-refractivity contribution < 1.29 is 41.7 Å².